The van der Waals surface area contributed by atoms with Gasteiger partial charge in [-0.25, -0.2) is 8.42 Å². The van der Waals surface area contributed by atoms with Crippen LogP contribution in [0.4, 0.5) is 5.69 Å². The van der Waals surface area contributed by atoms with Gasteiger partial charge in [0.1, 0.15) is 0 Å². The van der Waals surface area contributed by atoms with Gasteiger partial charge in [-0.05, 0) is 73.6 Å². The molecule has 3 heterocycles. The van der Waals surface area contributed by atoms with Crippen LogP contribution in [0.15, 0.2) is 47.4 Å². The Balaban J connectivity index is 1.46. The van der Waals surface area contributed by atoms with Crippen molar-refractivity contribution in [1.29, 1.82) is 0 Å². The van der Waals surface area contributed by atoms with Gasteiger partial charge < -0.3 is 9.64 Å². The fourth-order valence-corrected chi connectivity index (χ4v) is 7.07. The molecule has 0 unspecified atom stereocenters. The molecule has 176 valence electrons. The zero-order valence-corrected chi connectivity index (χ0v) is 20.2. The molecule has 0 aromatic heterocycles. The van der Waals surface area contributed by atoms with E-state index in [-0.39, 0.29) is 5.91 Å². The van der Waals surface area contributed by atoms with Gasteiger partial charge in [0.05, 0.1) is 10.3 Å². The normalized spacial score (nSPS) is 21.1. The van der Waals surface area contributed by atoms with E-state index in [2.05, 4.69) is 0 Å². The predicted octanol–water partition coefficient (Wildman–Crippen LogP) is 4.15. The minimum absolute atomic E-state index is 0.0542. The molecule has 1 amide bonds. The van der Waals surface area contributed by atoms with Gasteiger partial charge in [0.25, 0.3) is 0 Å². The largest absolute Gasteiger partial charge is 0.381 e. The Morgan fingerprint density at radius 2 is 1.64 bits per heavy atom. The van der Waals surface area contributed by atoms with Gasteiger partial charge in [0, 0.05) is 43.6 Å². The molecule has 33 heavy (non-hydrogen) atoms. The Kier molecular flexibility index (Phi) is 6.25. The predicted molar refractivity (Wildman–Crippen MR) is 128 cm³/mol. The number of fused-ring (bicyclic) bond motifs is 1. The van der Waals surface area contributed by atoms with E-state index in [9.17, 15) is 13.2 Å². The summed E-state index contributed by atoms with van der Waals surface area (Å²) in [5.74, 6) is 0.0542. The van der Waals surface area contributed by atoms with Gasteiger partial charge in [-0.3, -0.25) is 4.79 Å². The zero-order valence-electron chi connectivity index (χ0n) is 18.6. The van der Waals surface area contributed by atoms with Crippen LogP contribution in [0.2, 0.25) is 5.02 Å². The summed E-state index contributed by atoms with van der Waals surface area (Å²) in [5.41, 5.74) is 2.03. The topological polar surface area (TPSA) is 66.9 Å². The molecule has 3 aliphatic heterocycles. The monoisotopic (exact) mass is 488 g/mol. The van der Waals surface area contributed by atoms with Crippen LogP contribution in [-0.2, 0) is 31.4 Å². The fourth-order valence-electron chi connectivity index (χ4n) is 5.38. The van der Waals surface area contributed by atoms with E-state index in [4.69, 9.17) is 16.3 Å². The molecule has 8 heteroatoms. The lowest BCUT2D eigenvalue weighted by Crippen LogP contribution is -2.49. The molecule has 0 saturated carbocycles. The summed E-state index contributed by atoms with van der Waals surface area (Å²) in [4.78, 5) is 16.2. The molecular formula is C25H29ClN2O4S. The highest BCUT2D eigenvalue weighted by atomic mass is 35.5. The lowest BCUT2D eigenvalue weighted by Gasteiger charge is -2.39. The van der Waals surface area contributed by atoms with Gasteiger partial charge in [-0.15, -0.1) is 0 Å². The first kappa shape index (κ1) is 22.8. The molecule has 6 nitrogen and oxygen atoms in total. The first-order valence-electron chi connectivity index (χ1n) is 11.7. The van der Waals surface area contributed by atoms with E-state index in [1.54, 1.807) is 16.4 Å². The number of piperidine rings is 1. The van der Waals surface area contributed by atoms with E-state index in [1.165, 1.54) is 0 Å². The first-order chi connectivity index (χ1) is 15.9. The molecular weight excluding hydrogens is 460 g/mol. The highest BCUT2D eigenvalue weighted by molar-refractivity contribution is 7.89. The second-order valence-corrected chi connectivity index (χ2v) is 11.5. The third kappa shape index (κ3) is 4.09. The van der Waals surface area contributed by atoms with Crippen LogP contribution < -0.4 is 4.90 Å². The molecule has 5 rings (SSSR count). The number of sulfonamides is 1. The number of hydrogen-bond acceptors (Lipinski definition) is 4. The van der Waals surface area contributed by atoms with Gasteiger partial charge in [-0.2, -0.15) is 4.31 Å². The van der Waals surface area contributed by atoms with Crippen molar-refractivity contribution >= 4 is 33.2 Å². The van der Waals surface area contributed by atoms with Gasteiger partial charge >= 0.3 is 0 Å². The molecule has 2 saturated heterocycles. The number of halogens is 1. The summed E-state index contributed by atoms with van der Waals surface area (Å²) < 4.78 is 33.5. The number of amides is 1. The average molecular weight is 489 g/mol. The van der Waals surface area contributed by atoms with Crippen LogP contribution in [-0.4, -0.2) is 51.5 Å². The summed E-state index contributed by atoms with van der Waals surface area (Å²) in [6, 6.07) is 12.8. The summed E-state index contributed by atoms with van der Waals surface area (Å²) >= 11 is 6.10. The van der Waals surface area contributed by atoms with Crippen LogP contribution in [0.1, 0.15) is 43.2 Å². The minimum atomic E-state index is -3.50. The van der Waals surface area contributed by atoms with Crippen LogP contribution in [0.3, 0.4) is 0 Å². The number of carbonyl (C=O) groups excluding carboxylic acids is 1. The molecule has 3 aliphatic rings. The third-order valence-corrected chi connectivity index (χ3v) is 9.44. The Labute approximate surface area is 200 Å². The quantitative estimate of drug-likeness (QED) is 0.648. The number of hydrogen-bond donors (Lipinski definition) is 0. The first-order valence-corrected chi connectivity index (χ1v) is 13.5. The fraction of sp³-hybridized carbons (Fsp3) is 0.480. The highest BCUT2D eigenvalue weighted by Gasteiger charge is 2.45. The Morgan fingerprint density at radius 1 is 0.939 bits per heavy atom. The van der Waals surface area contributed by atoms with Crippen molar-refractivity contribution in [3.63, 3.8) is 0 Å². The van der Waals surface area contributed by atoms with Crippen molar-refractivity contribution < 1.29 is 17.9 Å². The number of rotatable bonds is 4. The van der Waals surface area contributed by atoms with Crippen molar-refractivity contribution in [2.75, 3.05) is 37.7 Å². The smallest absolute Gasteiger partial charge is 0.243 e. The SMILES string of the molecule is O=C(N1CCc2cc(S(=O)(=O)N3CCCCC3)ccc21)C1(c2ccc(Cl)cc2)CCOCC1. The maximum absolute atomic E-state index is 14.0. The summed E-state index contributed by atoms with van der Waals surface area (Å²) in [6.07, 6.45) is 4.76. The van der Waals surface area contributed by atoms with Crippen LogP contribution >= 0.6 is 11.6 Å². The molecule has 0 radical (unpaired) electrons. The van der Waals surface area contributed by atoms with Crippen LogP contribution in [0, 0.1) is 0 Å². The number of ether oxygens (including phenoxy) is 1. The zero-order chi connectivity index (χ0) is 23.1. The van der Waals surface area contributed by atoms with Crippen molar-refractivity contribution in [2.45, 2.75) is 48.8 Å². The van der Waals surface area contributed by atoms with Crippen molar-refractivity contribution in [3.05, 3.63) is 58.6 Å². The molecule has 0 aliphatic carbocycles. The van der Waals surface area contributed by atoms with Gasteiger partial charge in [0.15, 0.2) is 0 Å². The van der Waals surface area contributed by atoms with Gasteiger partial charge in [-0.1, -0.05) is 30.2 Å². The lowest BCUT2D eigenvalue weighted by molar-refractivity contribution is -0.127. The highest BCUT2D eigenvalue weighted by Crippen LogP contribution is 2.41. The lowest BCUT2D eigenvalue weighted by atomic mass is 9.73. The minimum Gasteiger partial charge on any atom is -0.381 e. The maximum Gasteiger partial charge on any atom is 0.243 e. The summed E-state index contributed by atoms with van der Waals surface area (Å²) in [6.45, 7) is 2.77. The van der Waals surface area contributed by atoms with E-state index in [0.717, 1.165) is 36.1 Å². The number of benzene rings is 2. The van der Waals surface area contributed by atoms with Crippen LogP contribution in [0.5, 0.6) is 0 Å². The second-order valence-electron chi connectivity index (χ2n) is 9.16. The number of anilines is 1. The molecule has 0 spiro atoms. The Bertz CT molecular complexity index is 1140. The molecule has 2 aromatic rings. The van der Waals surface area contributed by atoms with E-state index in [0.29, 0.717) is 62.0 Å². The molecule has 2 aromatic carbocycles. The van der Waals surface area contributed by atoms with Gasteiger partial charge in [0.2, 0.25) is 15.9 Å². The Morgan fingerprint density at radius 3 is 2.33 bits per heavy atom. The standard InChI is InChI=1S/C25H29ClN2O4S/c26-21-6-4-20(5-7-21)25(11-16-32-17-12-25)24(29)28-15-10-19-18-22(8-9-23(19)28)33(30,31)27-13-2-1-3-14-27/h4-9,18H,1-3,10-17H2. The second kappa shape index (κ2) is 9.02. The summed E-state index contributed by atoms with van der Waals surface area (Å²) in [7, 11) is -3.50. The van der Waals surface area contributed by atoms with E-state index in [1.807, 2.05) is 35.2 Å². The van der Waals surface area contributed by atoms with Crippen molar-refractivity contribution in [2.24, 2.45) is 0 Å². The average Bonchev–Trinajstić information content (AvgIpc) is 3.28. The molecule has 0 atom stereocenters. The maximum atomic E-state index is 14.0. The molecule has 2 fully saturated rings. The Hall–Kier alpha value is -1.93. The molecule has 0 N–H and O–H groups in total. The number of nitrogens with zero attached hydrogens (tertiary/aromatic N) is 2. The summed E-state index contributed by atoms with van der Waals surface area (Å²) in [5, 5.41) is 0.641. The third-order valence-electron chi connectivity index (χ3n) is 7.30. The van der Waals surface area contributed by atoms with Crippen molar-refractivity contribution in [3.8, 4) is 0 Å². The van der Waals surface area contributed by atoms with Crippen LogP contribution in [0.25, 0.3) is 0 Å². The van der Waals surface area contributed by atoms with E-state index < -0.39 is 15.4 Å². The number of carbonyl (C=O) groups is 1. The van der Waals surface area contributed by atoms with Crippen molar-refractivity contribution in [1.82, 2.24) is 4.31 Å². The van der Waals surface area contributed by atoms with E-state index >= 15 is 0 Å². The molecule has 0 bridgehead atoms.